The Hall–Kier alpha value is -3.50. The molecule has 0 aliphatic carbocycles. The molecule has 0 aromatic heterocycles. The number of hydrogen-bond donors (Lipinski definition) is 0. The standard InChI is InChI=1S/C31H32N2O2/c1-35-31-27(18-17-26(24-13-7-3-8-14-24)25-15-9-4-10-16-25)30(34)28-22-33(20-19-29(28)32-31)21-23-11-5-2-6-12-23/h2-16,26-27H,17-22H2,1H3. The predicted molar refractivity (Wildman–Crippen MR) is 140 cm³/mol. The molecule has 1 atom stereocenters. The van der Waals surface area contributed by atoms with E-state index in [1.165, 1.54) is 16.7 Å². The number of carbonyl (C=O) groups is 1. The zero-order chi connectivity index (χ0) is 24.0. The molecule has 0 amide bonds. The van der Waals surface area contributed by atoms with Gasteiger partial charge in [0.2, 0.25) is 0 Å². The van der Waals surface area contributed by atoms with E-state index in [-0.39, 0.29) is 17.6 Å². The molecule has 0 saturated heterocycles. The molecule has 2 aliphatic heterocycles. The average molecular weight is 465 g/mol. The summed E-state index contributed by atoms with van der Waals surface area (Å²) in [6.07, 6.45) is 2.34. The van der Waals surface area contributed by atoms with Crippen molar-refractivity contribution in [1.29, 1.82) is 0 Å². The van der Waals surface area contributed by atoms with Gasteiger partial charge < -0.3 is 4.74 Å². The average Bonchev–Trinajstić information content (AvgIpc) is 2.92. The summed E-state index contributed by atoms with van der Waals surface area (Å²) >= 11 is 0. The zero-order valence-corrected chi connectivity index (χ0v) is 20.3. The fourth-order valence-corrected chi connectivity index (χ4v) is 5.33. The van der Waals surface area contributed by atoms with Crippen molar-refractivity contribution in [1.82, 2.24) is 4.90 Å². The second-order valence-electron chi connectivity index (χ2n) is 9.39. The molecule has 3 aromatic rings. The van der Waals surface area contributed by atoms with Gasteiger partial charge in [0, 0.05) is 37.5 Å². The molecular weight excluding hydrogens is 432 g/mol. The Labute approximate surface area is 208 Å². The molecule has 0 spiro atoms. The number of rotatable bonds is 7. The molecule has 4 nitrogen and oxygen atoms in total. The number of aliphatic imine (C=N–C) groups is 1. The van der Waals surface area contributed by atoms with Crippen molar-refractivity contribution in [3.8, 4) is 0 Å². The molecule has 0 radical (unpaired) electrons. The molecule has 0 fully saturated rings. The van der Waals surface area contributed by atoms with E-state index >= 15 is 0 Å². The highest BCUT2D eigenvalue weighted by Gasteiger charge is 2.37. The highest BCUT2D eigenvalue weighted by Crippen LogP contribution is 2.35. The second-order valence-corrected chi connectivity index (χ2v) is 9.39. The van der Waals surface area contributed by atoms with Crippen LogP contribution in [0.25, 0.3) is 0 Å². The van der Waals surface area contributed by atoms with Gasteiger partial charge in [0.1, 0.15) is 0 Å². The van der Waals surface area contributed by atoms with E-state index in [1.54, 1.807) is 7.11 Å². The molecule has 0 bridgehead atoms. The Morgan fingerprint density at radius 3 is 2.11 bits per heavy atom. The van der Waals surface area contributed by atoms with Gasteiger partial charge in [0.05, 0.1) is 18.7 Å². The number of methoxy groups -OCH3 is 1. The normalized spacial score (nSPS) is 18.4. The smallest absolute Gasteiger partial charge is 0.199 e. The first-order valence-electron chi connectivity index (χ1n) is 12.5. The van der Waals surface area contributed by atoms with E-state index in [4.69, 9.17) is 9.73 Å². The third kappa shape index (κ3) is 5.28. The lowest BCUT2D eigenvalue weighted by Crippen LogP contribution is -2.40. The van der Waals surface area contributed by atoms with E-state index in [1.807, 2.05) is 18.2 Å². The number of ketones is 1. The summed E-state index contributed by atoms with van der Waals surface area (Å²) in [6.45, 7) is 2.40. The van der Waals surface area contributed by atoms with E-state index < -0.39 is 0 Å². The van der Waals surface area contributed by atoms with Gasteiger partial charge in [-0.25, -0.2) is 4.99 Å². The van der Waals surface area contributed by atoms with Gasteiger partial charge in [-0.1, -0.05) is 91.0 Å². The summed E-state index contributed by atoms with van der Waals surface area (Å²) in [5, 5.41) is 0. The van der Waals surface area contributed by atoms with Crippen molar-refractivity contribution in [3.63, 3.8) is 0 Å². The quantitative estimate of drug-likeness (QED) is 0.430. The fraction of sp³-hybridized carbons (Fsp3) is 0.290. The monoisotopic (exact) mass is 464 g/mol. The lowest BCUT2D eigenvalue weighted by atomic mass is 9.81. The van der Waals surface area contributed by atoms with Crippen molar-refractivity contribution in [2.75, 3.05) is 20.2 Å². The lowest BCUT2D eigenvalue weighted by molar-refractivity contribution is -0.118. The minimum Gasteiger partial charge on any atom is -0.484 e. The van der Waals surface area contributed by atoms with Gasteiger partial charge in [-0.2, -0.15) is 0 Å². The summed E-state index contributed by atoms with van der Waals surface area (Å²) in [5.74, 6) is 0.652. The molecule has 0 N–H and O–H groups in total. The molecule has 1 unspecified atom stereocenters. The Morgan fingerprint density at radius 2 is 1.51 bits per heavy atom. The molecule has 0 saturated carbocycles. The van der Waals surface area contributed by atoms with Crippen LogP contribution in [0.3, 0.4) is 0 Å². The topological polar surface area (TPSA) is 41.9 Å². The Balaban J connectivity index is 1.34. The fourth-order valence-electron chi connectivity index (χ4n) is 5.33. The van der Waals surface area contributed by atoms with Gasteiger partial charge in [-0.3, -0.25) is 9.69 Å². The van der Waals surface area contributed by atoms with Crippen LogP contribution in [0, 0.1) is 5.92 Å². The van der Waals surface area contributed by atoms with Crippen LogP contribution in [0.15, 0.2) is 107 Å². The third-order valence-corrected chi connectivity index (χ3v) is 7.16. The van der Waals surface area contributed by atoms with Gasteiger partial charge in [0.15, 0.2) is 11.7 Å². The second kappa shape index (κ2) is 10.8. The van der Waals surface area contributed by atoms with Gasteiger partial charge in [-0.15, -0.1) is 0 Å². The summed E-state index contributed by atoms with van der Waals surface area (Å²) in [7, 11) is 1.64. The molecule has 3 aromatic carbocycles. The first-order chi connectivity index (χ1) is 17.2. The van der Waals surface area contributed by atoms with Gasteiger partial charge >= 0.3 is 0 Å². The van der Waals surface area contributed by atoms with Crippen LogP contribution in [-0.4, -0.2) is 36.8 Å². The minimum atomic E-state index is -0.328. The van der Waals surface area contributed by atoms with Gasteiger partial charge in [0.25, 0.3) is 0 Å². The van der Waals surface area contributed by atoms with Crippen molar-refractivity contribution >= 4 is 11.7 Å². The zero-order valence-electron chi connectivity index (χ0n) is 20.3. The summed E-state index contributed by atoms with van der Waals surface area (Å²) in [6, 6.07) is 31.6. The first kappa shape index (κ1) is 23.3. The van der Waals surface area contributed by atoms with Crippen LogP contribution >= 0.6 is 0 Å². The minimum absolute atomic E-state index is 0.185. The number of Topliss-reactive ketones (excluding diaryl/α,β-unsaturated/α-hetero) is 1. The molecule has 5 rings (SSSR count). The molecule has 2 aliphatic rings. The Kier molecular flexibility index (Phi) is 7.20. The highest BCUT2D eigenvalue weighted by molar-refractivity contribution is 6.12. The number of hydrogen-bond acceptors (Lipinski definition) is 4. The third-order valence-electron chi connectivity index (χ3n) is 7.16. The van der Waals surface area contributed by atoms with E-state index in [0.717, 1.165) is 37.2 Å². The maximum absolute atomic E-state index is 13.8. The van der Waals surface area contributed by atoms with Crippen LogP contribution in [0.1, 0.15) is 41.9 Å². The first-order valence-corrected chi connectivity index (χ1v) is 12.5. The maximum Gasteiger partial charge on any atom is 0.199 e. The largest absolute Gasteiger partial charge is 0.484 e. The van der Waals surface area contributed by atoms with Crippen molar-refractivity contribution in [2.24, 2.45) is 10.9 Å². The number of nitrogens with zero attached hydrogens (tertiary/aromatic N) is 2. The van der Waals surface area contributed by atoms with E-state index in [9.17, 15) is 4.79 Å². The Morgan fingerprint density at radius 1 is 0.914 bits per heavy atom. The summed E-state index contributed by atoms with van der Waals surface area (Å²) in [4.78, 5) is 21.0. The van der Waals surface area contributed by atoms with E-state index in [2.05, 4.69) is 77.7 Å². The van der Waals surface area contributed by atoms with Crippen LogP contribution < -0.4 is 0 Å². The van der Waals surface area contributed by atoms with Crippen LogP contribution in [0.5, 0.6) is 0 Å². The maximum atomic E-state index is 13.8. The van der Waals surface area contributed by atoms with Gasteiger partial charge in [-0.05, 0) is 29.5 Å². The van der Waals surface area contributed by atoms with Crippen molar-refractivity contribution < 1.29 is 9.53 Å². The van der Waals surface area contributed by atoms with E-state index in [0.29, 0.717) is 18.9 Å². The Bertz CT molecular complexity index is 1160. The molecule has 178 valence electrons. The predicted octanol–water partition coefficient (Wildman–Crippen LogP) is 6.00. The summed E-state index contributed by atoms with van der Waals surface area (Å²) in [5.41, 5.74) is 5.59. The number of ether oxygens (including phenoxy) is 1. The van der Waals surface area contributed by atoms with Crippen LogP contribution in [0.4, 0.5) is 0 Å². The number of benzene rings is 3. The summed E-state index contributed by atoms with van der Waals surface area (Å²) < 4.78 is 5.67. The molecule has 35 heavy (non-hydrogen) atoms. The molecule has 2 heterocycles. The highest BCUT2D eigenvalue weighted by atomic mass is 16.5. The van der Waals surface area contributed by atoms with Crippen molar-refractivity contribution in [2.45, 2.75) is 31.7 Å². The SMILES string of the molecule is COC1=NC2=C(CN(Cc3ccccc3)CC2)C(=O)C1CCC(c1ccccc1)c1ccccc1. The van der Waals surface area contributed by atoms with Crippen LogP contribution in [0.2, 0.25) is 0 Å². The molecule has 4 heteroatoms. The number of carbonyl (C=O) groups excluding carboxylic acids is 1. The van der Waals surface area contributed by atoms with Crippen molar-refractivity contribution in [3.05, 3.63) is 119 Å². The molecular formula is C31H32N2O2. The lowest BCUT2D eigenvalue weighted by Gasteiger charge is -2.33. The van der Waals surface area contributed by atoms with Crippen LogP contribution in [-0.2, 0) is 16.1 Å².